The third-order valence-corrected chi connectivity index (χ3v) is 6.56. The van der Waals surface area contributed by atoms with Crippen molar-refractivity contribution in [3.63, 3.8) is 0 Å². The highest BCUT2D eigenvalue weighted by molar-refractivity contribution is 6.31. The zero-order chi connectivity index (χ0) is 18.4. The van der Waals surface area contributed by atoms with Crippen molar-refractivity contribution in [3.05, 3.63) is 64.9 Å². The minimum atomic E-state index is -0.0908. The highest BCUT2D eigenvalue weighted by Crippen LogP contribution is 2.38. The molecule has 1 N–H and O–H groups in total. The molecule has 2 fully saturated rings. The Labute approximate surface area is 164 Å². The van der Waals surface area contributed by atoms with Gasteiger partial charge in [0.25, 0.3) is 0 Å². The first kappa shape index (κ1) is 17.2. The summed E-state index contributed by atoms with van der Waals surface area (Å²) < 4.78 is 2.31. The van der Waals surface area contributed by atoms with Crippen molar-refractivity contribution in [1.82, 2.24) is 14.5 Å². The fourth-order valence-electron chi connectivity index (χ4n) is 4.91. The van der Waals surface area contributed by atoms with Crippen LogP contribution < -0.4 is 0 Å². The van der Waals surface area contributed by atoms with Crippen molar-refractivity contribution < 1.29 is 5.11 Å². The SMILES string of the molecule is OC1C[C@@H]2CN(Cc3nc4ccccc4n3Cc3ccccc3Cl)C[C@@H]2C1. The van der Waals surface area contributed by atoms with Gasteiger partial charge < -0.3 is 9.67 Å². The number of benzene rings is 2. The van der Waals surface area contributed by atoms with Crippen molar-refractivity contribution in [1.29, 1.82) is 0 Å². The summed E-state index contributed by atoms with van der Waals surface area (Å²) in [4.78, 5) is 7.45. The topological polar surface area (TPSA) is 41.3 Å². The van der Waals surface area contributed by atoms with E-state index in [0.29, 0.717) is 11.8 Å². The van der Waals surface area contributed by atoms with E-state index in [1.807, 2.05) is 24.3 Å². The first-order valence-corrected chi connectivity index (χ1v) is 10.1. The summed E-state index contributed by atoms with van der Waals surface area (Å²) in [7, 11) is 0. The number of aromatic nitrogens is 2. The van der Waals surface area contributed by atoms with Crippen molar-refractivity contribution in [3.8, 4) is 0 Å². The molecule has 1 aromatic heterocycles. The summed E-state index contributed by atoms with van der Waals surface area (Å²) in [6, 6.07) is 16.4. The largest absolute Gasteiger partial charge is 0.393 e. The highest BCUT2D eigenvalue weighted by Gasteiger charge is 2.40. The van der Waals surface area contributed by atoms with Crippen LogP contribution in [0.1, 0.15) is 24.2 Å². The lowest BCUT2D eigenvalue weighted by Gasteiger charge is -2.18. The number of para-hydroxylation sites is 2. The highest BCUT2D eigenvalue weighted by atomic mass is 35.5. The lowest BCUT2D eigenvalue weighted by molar-refractivity contribution is 0.160. The summed E-state index contributed by atoms with van der Waals surface area (Å²) in [6.07, 6.45) is 1.82. The summed E-state index contributed by atoms with van der Waals surface area (Å²) in [5, 5.41) is 10.7. The Morgan fingerprint density at radius 3 is 2.44 bits per heavy atom. The van der Waals surface area contributed by atoms with E-state index in [1.165, 1.54) is 0 Å². The molecule has 0 radical (unpaired) electrons. The number of nitrogens with zero attached hydrogens (tertiary/aromatic N) is 3. The van der Waals surface area contributed by atoms with Crippen LogP contribution in [0.15, 0.2) is 48.5 Å². The number of halogens is 1. The Hall–Kier alpha value is -1.88. The average molecular weight is 382 g/mol. The molecule has 1 aliphatic carbocycles. The Morgan fingerprint density at radius 2 is 1.67 bits per heavy atom. The molecule has 5 rings (SSSR count). The van der Waals surface area contributed by atoms with Gasteiger partial charge in [0.05, 0.1) is 30.2 Å². The predicted molar refractivity (Wildman–Crippen MR) is 108 cm³/mol. The normalized spacial score (nSPS) is 25.3. The van der Waals surface area contributed by atoms with Gasteiger partial charge in [-0.15, -0.1) is 0 Å². The van der Waals surface area contributed by atoms with Gasteiger partial charge in [-0.3, -0.25) is 4.90 Å². The minimum absolute atomic E-state index is 0.0908. The van der Waals surface area contributed by atoms with Crippen LogP contribution in [0.4, 0.5) is 0 Å². The van der Waals surface area contributed by atoms with E-state index in [4.69, 9.17) is 16.6 Å². The van der Waals surface area contributed by atoms with E-state index in [-0.39, 0.29) is 6.10 Å². The van der Waals surface area contributed by atoms with Gasteiger partial charge in [-0.2, -0.15) is 0 Å². The number of fused-ring (bicyclic) bond motifs is 2. The fourth-order valence-corrected chi connectivity index (χ4v) is 5.11. The number of rotatable bonds is 4. The van der Waals surface area contributed by atoms with Crippen molar-refractivity contribution in [2.45, 2.75) is 32.0 Å². The molecule has 4 nitrogen and oxygen atoms in total. The van der Waals surface area contributed by atoms with E-state index < -0.39 is 0 Å². The maximum absolute atomic E-state index is 9.89. The van der Waals surface area contributed by atoms with Gasteiger partial charge in [-0.25, -0.2) is 4.98 Å². The molecule has 3 aromatic rings. The Balaban J connectivity index is 1.45. The second-order valence-electron chi connectivity index (χ2n) is 8.03. The molecule has 0 bridgehead atoms. The molecule has 5 heteroatoms. The smallest absolute Gasteiger partial charge is 0.124 e. The van der Waals surface area contributed by atoms with Crippen LogP contribution in [0.5, 0.6) is 0 Å². The van der Waals surface area contributed by atoms with Gasteiger partial charge in [0, 0.05) is 18.1 Å². The molecular weight excluding hydrogens is 358 g/mol. The average Bonchev–Trinajstić information content (AvgIpc) is 3.28. The quantitative estimate of drug-likeness (QED) is 0.744. The molecule has 2 aliphatic rings. The number of aliphatic hydroxyl groups is 1. The molecule has 140 valence electrons. The van der Waals surface area contributed by atoms with Gasteiger partial charge in [0.1, 0.15) is 5.82 Å². The molecule has 0 spiro atoms. The molecular formula is C22H24ClN3O. The number of aliphatic hydroxyl groups excluding tert-OH is 1. The third kappa shape index (κ3) is 3.27. The number of imidazole rings is 1. The van der Waals surface area contributed by atoms with Gasteiger partial charge in [0.2, 0.25) is 0 Å². The molecule has 0 amide bonds. The Bertz CT molecular complexity index is 955. The van der Waals surface area contributed by atoms with Crippen LogP contribution >= 0.6 is 11.6 Å². The zero-order valence-electron chi connectivity index (χ0n) is 15.3. The Kier molecular flexibility index (Phi) is 4.43. The summed E-state index contributed by atoms with van der Waals surface area (Å²) >= 11 is 6.43. The standard InChI is InChI=1S/C22H24ClN3O/c23-19-6-2-1-5-15(19)13-26-21-8-4-3-7-20(21)24-22(26)14-25-11-16-9-18(27)10-17(16)12-25/h1-8,16-18,27H,9-14H2/t16-,17+,18?. The van der Waals surface area contributed by atoms with Crippen LogP contribution in [0.3, 0.4) is 0 Å². The maximum atomic E-state index is 9.89. The first-order chi connectivity index (χ1) is 13.2. The lowest BCUT2D eigenvalue weighted by atomic mass is 10.0. The molecule has 1 saturated heterocycles. The van der Waals surface area contributed by atoms with Crippen molar-refractivity contribution >= 4 is 22.6 Å². The molecule has 1 aliphatic heterocycles. The van der Waals surface area contributed by atoms with Gasteiger partial charge in [-0.1, -0.05) is 41.9 Å². The van der Waals surface area contributed by atoms with E-state index in [9.17, 15) is 5.11 Å². The van der Waals surface area contributed by atoms with E-state index in [2.05, 4.69) is 33.7 Å². The zero-order valence-corrected chi connectivity index (χ0v) is 16.0. The number of hydrogen-bond acceptors (Lipinski definition) is 3. The Morgan fingerprint density at radius 1 is 0.963 bits per heavy atom. The molecule has 2 aromatic carbocycles. The fraction of sp³-hybridized carbons (Fsp3) is 0.409. The van der Waals surface area contributed by atoms with E-state index in [1.54, 1.807) is 0 Å². The summed E-state index contributed by atoms with van der Waals surface area (Å²) in [6.45, 7) is 3.71. The van der Waals surface area contributed by atoms with Gasteiger partial charge in [-0.05, 0) is 48.4 Å². The minimum Gasteiger partial charge on any atom is -0.393 e. The molecule has 2 heterocycles. The second kappa shape index (κ2) is 6.93. The van der Waals surface area contributed by atoms with Gasteiger partial charge in [0.15, 0.2) is 0 Å². The predicted octanol–water partition coefficient (Wildman–Crippen LogP) is 3.94. The van der Waals surface area contributed by atoms with Crippen LogP contribution in [0.25, 0.3) is 11.0 Å². The number of likely N-dealkylation sites (tertiary alicyclic amines) is 1. The van der Waals surface area contributed by atoms with Gasteiger partial charge >= 0.3 is 0 Å². The summed E-state index contributed by atoms with van der Waals surface area (Å²) in [5.41, 5.74) is 3.31. The van der Waals surface area contributed by atoms with Crippen molar-refractivity contribution in [2.24, 2.45) is 11.8 Å². The van der Waals surface area contributed by atoms with Crippen LogP contribution in [0, 0.1) is 11.8 Å². The maximum Gasteiger partial charge on any atom is 0.124 e. The van der Waals surface area contributed by atoms with Crippen LogP contribution in [-0.2, 0) is 13.1 Å². The molecule has 1 unspecified atom stereocenters. The third-order valence-electron chi connectivity index (χ3n) is 6.19. The summed E-state index contributed by atoms with van der Waals surface area (Å²) in [5.74, 6) is 2.37. The van der Waals surface area contributed by atoms with Crippen LogP contribution in [-0.4, -0.2) is 38.8 Å². The van der Waals surface area contributed by atoms with E-state index >= 15 is 0 Å². The molecule has 3 atom stereocenters. The second-order valence-corrected chi connectivity index (χ2v) is 8.44. The number of hydrogen-bond donors (Lipinski definition) is 1. The molecule has 27 heavy (non-hydrogen) atoms. The van der Waals surface area contributed by atoms with Crippen LogP contribution in [0.2, 0.25) is 5.02 Å². The monoisotopic (exact) mass is 381 g/mol. The first-order valence-electron chi connectivity index (χ1n) is 9.75. The van der Waals surface area contributed by atoms with E-state index in [0.717, 1.165) is 66.5 Å². The van der Waals surface area contributed by atoms with Crippen molar-refractivity contribution in [2.75, 3.05) is 13.1 Å². The lowest BCUT2D eigenvalue weighted by Crippen LogP contribution is -2.24. The molecule has 1 saturated carbocycles.